The molecule has 176 valence electrons. The molecule has 33 heavy (non-hydrogen) atoms. The topological polar surface area (TPSA) is 116 Å². The SMILES string of the molecule is CCCCCCCCNS(=O)(=O)c1ccc2c(c1)C(=O)C1=NC3C(O)=CC=CC3(C)C(=O)N12. The normalized spacial score (nSPS) is 23.7. The van der Waals surface area contributed by atoms with Crippen LogP contribution in [0.1, 0.15) is 62.7 Å². The van der Waals surface area contributed by atoms with Gasteiger partial charge in [-0.15, -0.1) is 0 Å². The molecule has 4 rings (SSSR count). The van der Waals surface area contributed by atoms with Crippen molar-refractivity contribution >= 4 is 33.2 Å². The van der Waals surface area contributed by atoms with Gasteiger partial charge in [-0.1, -0.05) is 51.2 Å². The van der Waals surface area contributed by atoms with Crippen LogP contribution >= 0.6 is 0 Å². The van der Waals surface area contributed by atoms with Crippen molar-refractivity contribution in [3.8, 4) is 0 Å². The van der Waals surface area contributed by atoms with Crippen molar-refractivity contribution in [2.24, 2.45) is 10.4 Å². The lowest BCUT2D eigenvalue weighted by Crippen LogP contribution is -2.55. The van der Waals surface area contributed by atoms with Crippen molar-refractivity contribution in [3.05, 3.63) is 47.7 Å². The molecule has 2 atom stereocenters. The van der Waals surface area contributed by atoms with Gasteiger partial charge in [0.25, 0.3) is 0 Å². The number of nitrogens with zero attached hydrogens (tertiary/aromatic N) is 2. The van der Waals surface area contributed by atoms with Gasteiger partial charge in [0.2, 0.25) is 21.7 Å². The molecular formula is C24H29N3O5S. The van der Waals surface area contributed by atoms with E-state index in [-0.39, 0.29) is 22.1 Å². The highest BCUT2D eigenvalue weighted by Gasteiger charge is 2.54. The van der Waals surface area contributed by atoms with E-state index in [9.17, 15) is 23.1 Å². The summed E-state index contributed by atoms with van der Waals surface area (Å²) < 4.78 is 28.1. The number of allylic oxidation sites excluding steroid dienone is 2. The number of hydrogen-bond donors (Lipinski definition) is 2. The van der Waals surface area contributed by atoms with Crippen molar-refractivity contribution in [3.63, 3.8) is 0 Å². The maximum absolute atomic E-state index is 13.3. The Morgan fingerprint density at radius 2 is 1.88 bits per heavy atom. The van der Waals surface area contributed by atoms with Gasteiger partial charge in [0, 0.05) is 6.54 Å². The summed E-state index contributed by atoms with van der Waals surface area (Å²) in [5.74, 6) is -1.11. The van der Waals surface area contributed by atoms with Gasteiger partial charge in [-0.25, -0.2) is 13.1 Å². The number of fused-ring (bicyclic) bond motifs is 4. The van der Waals surface area contributed by atoms with Crippen LogP contribution in [-0.2, 0) is 14.8 Å². The third-order valence-electron chi connectivity index (χ3n) is 6.47. The van der Waals surface area contributed by atoms with E-state index in [1.807, 2.05) is 0 Å². The number of amidine groups is 1. The average molecular weight is 472 g/mol. The number of aliphatic imine (C=N–C) groups is 1. The molecule has 2 N–H and O–H groups in total. The van der Waals surface area contributed by atoms with Crippen molar-refractivity contribution < 1.29 is 23.1 Å². The van der Waals surface area contributed by atoms with E-state index in [1.54, 1.807) is 19.1 Å². The molecule has 0 saturated heterocycles. The maximum atomic E-state index is 13.3. The van der Waals surface area contributed by atoms with Crippen LogP contribution in [-0.4, -0.2) is 43.6 Å². The summed E-state index contributed by atoms with van der Waals surface area (Å²) in [7, 11) is -3.80. The Hall–Kier alpha value is -2.78. The van der Waals surface area contributed by atoms with Gasteiger partial charge in [0.1, 0.15) is 11.8 Å². The first kappa shape index (κ1) is 23.4. The molecule has 2 unspecified atom stereocenters. The zero-order valence-electron chi connectivity index (χ0n) is 18.9. The Bertz CT molecular complexity index is 1180. The lowest BCUT2D eigenvalue weighted by atomic mass is 9.76. The number of nitrogens with one attached hydrogen (secondary N) is 1. The highest BCUT2D eigenvalue weighted by Crippen LogP contribution is 2.44. The Morgan fingerprint density at radius 3 is 2.64 bits per heavy atom. The number of aliphatic hydroxyl groups excluding tert-OH is 1. The molecule has 0 saturated carbocycles. The van der Waals surface area contributed by atoms with Crippen LogP contribution in [0.15, 0.2) is 52.1 Å². The predicted molar refractivity (Wildman–Crippen MR) is 126 cm³/mol. The molecule has 0 spiro atoms. The monoisotopic (exact) mass is 471 g/mol. The summed E-state index contributed by atoms with van der Waals surface area (Å²) in [6.07, 6.45) is 11.0. The summed E-state index contributed by atoms with van der Waals surface area (Å²) in [4.78, 5) is 32.0. The molecule has 3 aliphatic rings. The average Bonchev–Trinajstić information content (AvgIpc) is 3.06. The van der Waals surface area contributed by atoms with E-state index in [0.29, 0.717) is 12.2 Å². The van der Waals surface area contributed by atoms with Crippen LogP contribution in [0.2, 0.25) is 0 Å². The molecule has 1 aromatic carbocycles. The second-order valence-corrected chi connectivity index (χ2v) is 10.7. The number of unbranched alkanes of at least 4 members (excludes halogenated alkanes) is 5. The summed E-state index contributed by atoms with van der Waals surface area (Å²) in [5.41, 5.74) is -0.715. The first-order valence-electron chi connectivity index (χ1n) is 11.4. The standard InChI is InChI=1S/C24H29N3O5S/c1-3-4-5-6-7-8-14-25-33(31,32)16-11-12-18-17(15-16)20(29)22-26-21-19(28)10-9-13-24(21,2)23(30)27(18)22/h9-13,15,21,25,28H,3-8,14H2,1-2H3. The highest BCUT2D eigenvalue weighted by molar-refractivity contribution is 7.89. The summed E-state index contributed by atoms with van der Waals surface area (Å²) in [6.45, 7) is 4.14. The van der Waals surface area contributed by atoms with Gasteiger partial charge in [-0.3, -0.25) is 19.5 Å². The number of sulfonamides is 1. The van der Waals surface area contributed by atoms with Crippen LogP contribution < -0.4 is 9.62 Å². The summed E-state index contributed by atoms with van der Waals surface area (Å²) >= 11 is 0. The van der Waals surface area contributed by atoms with E-state index in [0.717, 1.165) is 32.1 Å². The lowest BCUT2D eigenvalue weighted by molar-refractivity contribution is -0.125. The molecule has 8 nitrogen and oxygen atoms in total. The molecular weight excluding hydrogens is 442 g/mol. The summed E-state index contributed by atoms with van der Waals surface area (Å²) in [5, 5.41) is 10.3. The lowest BCUT2D eigenvalue weighted by Gasteiger charge is -2.39. The number of aliphatic hydroxyl groups is 1. The zero-order valence-corrected chi connectivity index (χ0v) is 19.7. The molecule has 0 radical (unpaired) electrons. The van der Waals surface area contributed by atoms with Crippen LogP contribution in [0.4, 0.5) is 5.69 Å². The van der Waals surface area contributed by atoms with Gasteiger partial charge in [0.15, 0.2) is 5.84 Å². The number of amides is 1. The molecule has 0 aromatic heterocycles. The van der Waals surface area contributed by atoms with Crippen molar-refractivity contribution in [2.75, 3.05) is 11.4 Å². The maximum Gasteiger partial charge on any atom is 0.245 e. The number of rotatable bonds is 9. The molecule has 0 bridgehead atoms. The van der Waals surface area contributed by atoms with Crippen LogP contribution in [0.25, 0.3) is 0 Å². The molecule has 1 amide bonds. The Morgan fingerprint density at radius 1 is 1.15 bits per heavy atom. The van der Waals surface area contributed by atoms with E-state index in [4.69, 9.17) is 0 Å². The molecule has 0 fully saturated rings. The minimum Gasteiger partial charge on any atom is -0.510 e. The number of carbonyl (C=O) groups is 2. The second-order valence-electron chi connectivity index (χ2n) is 8.90. The minimum atomic E-state index is -3.80. The van der Waals surface area contributed by atoms with Gasteiger partial charge in [-0.05, 0) is 37.6 Å². The summed E-state index contributed by atoms with van der Waals surface area (Å²) in [6, 6.07) is 3.28. The number of carbonyl (C=O) groups excluding carboxylic acids is 2. The van der Waals surface area contributed by atoms with Crippen molar-refractivity contribution in [2.45, 2.75) is 63.3 Å². The number of Topliss-reactive ketones (excluding diaryl/α,β-unsaturated/α-hetero) is 1. The number of benzene rings is 1. The quantitative estimate of drug-likeness (QED) is 0.533. The van der Waals surface area contributed by atoms with E-state index < -0.39 is 33.2 Å². The van der Waals surface area contributed by atoms with Crippen LogP contribution in [0, 0.1) is 5.41 Å². The minimum absolute atomic E-state index is 0.0280. The fraction of sp³-hybridized carbons (Fsp3) is 0.458. The van der Waals surface area contributed by atoms with Crippen molar-refractivity contribution in [1.29, 1.82) is 0 Å². The Labute approximate surface area is 194 Å². The van der Waals surface area contributed by atoms with Crippen molar-refractivity contribution in [1.82, 2.24) is 4.72 Å². The van der Waals surface area contributed by atoms with E-state index in [2.05, 4.69) is 16.6 Å². The molecule has 1 aliphatic carbocycles. The van der Waals surface area contributed by atoms with Crippen LogP contribution in [0.3, 0.4) is 0 Å². The fourth-order valence-electron chi connectivity index (χ4n) is 4.50. The Kier molecular flexibility index (Phi) is 6.28. The smallest absolute Gasteiger partial charge is 0.245 e. The molecule has 2 heterocycles. The second kappa shape index (κ2) is 8.87. The molecule has 9 heteroatoms. The highest BCUT2D eigenvalue weighted by atomic mass is 32.2. The number of anilines is 1. The van der Waals surface area contributed by atoms with E-state index >= 15 is 0 Å². The zero-order chi connectivity index (χ0) is 23.8. The first-order chi connectivity index (χ1) is 15.7. The third kappa shape index (κ3) is 4.04. The fourth-order valence-corrected chi connectivity index (χ4v) is 5.60. The van der Waals surface area contributed by atoms with Gasteiger partial charge in [-0.2, -0.15) is 0 Å². The number of hydrogen-bond acceptors (Lipinski definition) is 6. The number of ketones is 1. The van der Waals surface area contributed by atoms with Gasteiger partial charge >= 0.3 is 0 Å². The largest absolute Gasteiger partial charge is 0.510 e. The predicted octanol–water partition coefficient (Wildman–Crippen LogP) is 3.65. The Balaban J connectivity index is 1.55. The van der Waals surface area contributed by atoms with Crippen LogP contribution in [0.5, 0.6) is 0 Å². The molecule has 1 aromatic rings. The van der Waals surface area contributed by atoms with E-state index in [1.165, 1.54) is 35.6 Å². The first-order valence-corrected chi connectivity index (χ1v) is 12.9. The third-order valence-corrected chi connectivity index (χ3v) is 7.93. The molecule has 2 aliphatic heterocycles. The van der Waals surface area contributed by atoms with Gasteiger partial charge < -0.3 is 5.11 Å². The van der Waals surface area contributed by atoms with Gasteiger partial charge in [0.05, 0.1) is 21.6 Å².